The average molecular weight is 145 g/mol. The molecule has 0 aliphatic carbocycles. The molecule has 0 bridgehead atoms. The van der Waals surface area contributed by atoms with E-state index in [0.717, 1.165) is 19.4 Å². The molecule has 0 radical (unpaired) electrons. The number of hydrogen-bond acceptors (Lipinski definition) is 2. The van der Waals surface area contributed by atoms with E-state index in [1.54, 1.807) is 0 Å². The average Bonchev–Trinajstić information content (AvgIpc) is 1.99. The van der Waals surface area contributed by atoms with Crippen LogP contribution in [0.2, 0.25) is 0 Å². The molecule has 0 aromatic carbocycles. The summed E-state index contributed by atoms with van der Waals surface area (Å²) in [6.07, 6.45) is 2.60. The van der Waals surface area contributed by atoms with Crippen LogP contribution in [0, 0.1) is 0 Å². The summed E-state index contributed by atoms with van der Waals surface area (Å²) in [4.78, 5) is 5.53. The summed E-state index contributed by atoms with van der Waals surface area (Å²) < 4.78 is 0. The van der Waals surface area contributed by atoms with Gasteiger partial charge in [-0.1, -0.05) is 20.8 Å². The zero-order valence-electron chi connectivity index (χ0n) is 7.55. The normalized spacial score (nSPS) is 11.4. The lowest BCUT2D eigenvalue weighted by Gasteiger charge is -2.20. The van der Waals surface area contributed by atoms with E-state index in [1.807, 2.05) is 12.1 Å². The Kier molecular flexibility index (Phi) is 5.64. The predicted octanol–water partition coefficient (Wildman–Crippen LogP) is 2.06. The van der Waals surface area contributed by atoms with Crippen LogP contribution in [0.4, 0.5) is 0 Å². The Labute approximate surface area is 64.1 Å². The molecule has 0 saturated heterocycles. The van der Waals surface area contributed by atoms with Gasteiger partial charge in [0, 0.05) is 13.6 Å². The molecule has 62 valence electrons. The van der Waals surface area contributed by atoms with E-state index >= 15 is 0 Å². The van der Waals surface area contributed by atoms with Crippen molar-refractivity contribution in [1.29, 1.82) is 0 Å². The smallest absolute Gasteiger partial charge is 0.0787 e. The van der Waals surface area contributed by atoms with Crippen LogP contribution in [0.5, 0.6) is 0 Å². The van der Waals surface area contributed by atoms with Gasteiger partial charge in [-0.3, -0.25) is 4.84 Å². The maximum absolute atomic E-state index is 5.53. The van der Waals surface area contributed by atoms with E-state index in [-0.39, 0.29) is 0 Å². The minimum absolute atomic E-state index is 0.407. The summed E-state index contributed by atoms with van der Waals surface area (Å²) in [6, 6.07) is 0. The Bertz CT molecular complexity index is 71.7. The second-order valence-corrected chi connectivity index (χ2v) is 2.49. The molecule has 0 saturated carbocycles. The summed E-state index contributed by atoms with van der Waals surface area (Å²) in [6.45, 7) is 7.34. The Morgan fingerprint density at radius 1 is 1.20 bits per heavy atom. The van der Waals surface area contributed by atoms with Crippen LogP contribution in [0.25, 0.3) is 0 Å². The Morgan fingerprint density at radius 2 is 1.70 bits per heavy atom. The lowest BCUT2D eigenvalue weighted by atomic mass is 10.2. The molecular formula is C8H19NO. The summed E-state index contributed by atoms with van der Waals surface area (Å²) in [5, 5.41) is 1.89. The van der Waals surface area contributed by atoms with Crippen LogP contribution in [-0.4, -0.2) is 24.8 Å². The van der Waals surface area contributed by atoms with Crippen molar-refractivity contribution in [2.24, 2.45) is 0 Å². The molecule has 0 aliphatic rings. The molecule has 0 spiro atoms. The minimum Gasteiger partial charge on any atom is -0.296 e. The van der Waals surface area contributed by atoms with Gasteiger partial charge in [-0.25, -0.2) is 0 Å². The third-order valence-electron chi connectivity index (χ3n) is 1.69. The van der Waals surface area contributed by atoms with Gasteiger partial charge in [0.05, 0.1) is 6.10 Å². The second-order valence-electron chi connectivity index (χ2n) is 2.49. The highest BCUT2D eigenvalue weighted by Crippen LogP contribution is 2.03. The first kappa shape index (κ1) is 9.92. The molecule has 10 heavy (non-hydrogen) atoms. The molecule has 0 rings (SSSR count). The molecule has 0 N–H and O–H groups in total. The van der Waals surface area contributed by atoms with Crippen LogP contribution in [0.1, 0.15) is 33.6 Å². The third-order valence-corrected chi connectivity index (χ3v) is 1.69. The van der Waals surface area contributed by atoms with Gasteiger partial charge in [-0.15, -0.1) is 0 Å². The van der Waals surface area contributed by atoms with E-state index in [1.165, 1.54) is 0 Å². The molecule has 0 aromatic rings. The van der Waals surface area contributed by atoms with Crippen LogP contribution >= 0.6 is 0 Å². The van der Waals surface area contributed by atoms with Crippen molar-refractivity contribution in [2.45, 2.75) is 39.7 Å². The molecule has 0 heterocycles. The van der Waals surface area contributed by atoms with Crippen molar-refractivity contribution in [3.8, 4) is 0 Å². The largest absolute Gasteiger partial charge is 0.296 e. The van der Waals surface area contributed by atoms with Crippen molar-refractivity contribution in [3.63, 3.8) is 0 Å². The summed E-state index contributed by atoms with van der Waals surface area (Å²) in [7, 11) is 1.97. The van der Waals surface area contributed by atoms with Crippen LogP contribution in [-0.2, 0) is 4.84 Å². The van der Waals surface area contributed by atoms with Gasteiger partial charge in [0.2, 0.25) is 0 Å². The Hall–Kier alpha value is -0.0800. The maximum atomic E-state index is 5.53. The first-order valence-electron chi connectivity index (χ1n) is 4.12. The summed E-state index contributed by atoms with van der Waals surface area (Å²) in [5.74, 6) is 0. The highest BCUT2D eigenvalue weighted by atomic mass is 16.7. The van der Waals surface area contributed by atoms with E-state index in [4.69, 9.17) is 4.84 Å². The standard InChI is InChI=1S/C8H19NO/c1-5-8(6-2)10-9(4)7-3/h8H,5-7H2,1-4H3. The first-order chi connectivity index (χ1) is 4.74. The highest BCUT2D eigenvalue weighted by molar-refractivity contribution is 4.48. The Balaban J connectivity index is 3.41. The fourth-order valence-electron chi connectivity index (χ4n) is 0.767. The Morgan fingerprint density at radius 3 is 2.00 bits per heavy atom. The SMILES string of the molecule is CCC(CC)ON(C)CC. The molecule has 0 fully saturated rings. The first-order valence-corrected chi connectivity index (χ1v) is 4.12. The van der Waals surface area contributed by atoms with Gasteiger partial charge in [0.1, 0.15) is 0 Å². The number of hydroxylamine groups is 2. The molecule has 0 atom stereocenters. The van der Waals surface area contributed by atoms with Crippen molar-refractivity contribution in [2.75, 3.05) is 13.6 Å². The summed E-state index contributed by atoms with van der Waals surface area (Å²) in [5.41, 5.74) is 0. The minimum atomic E-state index is 0.407. The number of rotatable bonds is 5. The van der Waals surface area contributed by atoms with Gasteiger partial charge in [0.25, 0.3) is 0 Å². The molecule has 0 unspecified atom stereocenters. The predicted molar refractivity (Wildman–Crippen MR) is 43.8 cm³/mol. The maximum Gasteiger partial charge on any atom is 0.0787 e. The van der Waals surface area contributed by atoms with Gasteiger partial charge < -0.3 is 0 Å². The fourth-order valence-corrected chi connectivity index (χ4v) is 0.767. The topological polar surface area (TPSA) is 12.5 Å². The van der Waals surface area contributed by atoms with Crippen LogP contribution in [0.15, 0.2) is 0 Å². The molecule has 0 aromatic heterocycles. The zero-order chi connectivity index (χ0) is 7.98. The van der Waals surface area contributed by atoms with Crippen LogP contribution in [0.3, 0.4) is 0 Å². The van der Waals surface area contributed by atoms with E-state index in [9.17, 15) is 0 Å². The molecule has 0 aliphatic heterocycles. The van der Waals surface area contributed by atoms with Gasteiger partial charge in [0.15, 0.2) is 0 Å². The van der Waals surface area contributed by atoms with E-state index in [2.05, 4.69) is 20.8 Å². The van der Waals surface area contributed by atoms with Crippen LogP contribution < -0.4 is 0 Å². The van der Waals surface area contributed by atoms with Crippen molar-refractivity contribution < 1.29 is 4.84 Å². The molecular weight excluding hydrogens is 126 g/mol. The van der Waals surface area contributed by atoms with Gasteiger partial charge >= 0.3 is 0 Å². The van der Waals surface area contributed by atoms with E-state index < -0.39 is 0 Å². The zero-order valence-corrected chi connectivity index (χ0v) is 7.55. The van der Waals surface area contributed by atoms with Gasteiger partial charge in [-0.05, 0) is 12.8 Å². The fraction of sp³-hybridized carbons (Fsp3) is 1.00. The van der Waals surface area contributed by atoms with Crippen molar-refractivity contribution in [3.05, 3.63) is 0 Å². The lowest BCUT2D eigenvalue weighted by Crippen LogP contribution is -2.25. The monoisotopic (exact) mass is 145 g/mol. The van der Waals surface area contributed by atoms with Crippen molar-refractivity contribution in [1.82, 2.24) is 5.06 Å². The van der Waals surface area contributed by atoms with E-state index in [0.29, 0.717) is 6.10 Å². The second kappa shape index (κ2) is 5.69. The molecule has 2 heteroatoms. The summed E-state index contributed by atoms with van der Waals surface area (Å²) >= 11 is 0. The highest BCUT2D eigenvalue weighted by Gasteiger charge is 2.05. The molecule has 2 nitrogen and oxygen atoms in total. The lowest BCUT2D eigenvalue weighted by molar-refractivity contribution is -0.179. The van der Waals surface area contributed by atoms with Gasteiger partial charge in [-0.2, -0.15) is 5.06 Å². The quantitative estimate of drug-likeness (QED) is 0.549. The number of nitrogens with zero attached hydrogens (tertiary/aromatic N) is 1. The number of hydrogen-bond donors (Lipinski definition) is 0. The third kappa shape index (κ3) is 3.85. The molecule has 0 amide bonds. The van der Waals surface area contributed by atoms with Crippen molar-refractivity contribution >= 4 is 0 Å².